The number of para-hydroxylation sites is 1. The van der Waals surface area contributed by atoms with E-state index in [4.69, 9.17) is 22.1 Å². The molecule has 1 aromatic carbocycles. The van der Waals surface area contributed by atoms with E-state index < -0.39 is 0 Å². The molecule has 2 nitrogen and oxygen atoms in total. The second-order valence-electron chi connectivity index (χ2n) is 3.87. The van der Waals surface area contributed by atoms with E-state index in [1.54, 1.807) is 6.07 Å². The first kappa shape index (κ1) is 10.2. The Hall–Kier alpha value is -0.890. The molecule has 0 saturated carbocycles. The molecule has 0 spiro atoms. The van der Waals surface area contributed by atoms with Gasteiger partial charge in [0.05, 0.1) is 10.7 Å². The first-order valence-electron chi connectivity index (χ1n) is 4.13. The summed E-state index contributed by atoms with van der Waals surface area (Å²) in [6.45, 7) is 5.90. The molecule has 0 saturated heterocycles. The largest absolute Gasteiger partial charge is 0.486 e. The van der Waals surface area contributed by atoms with Gasteiger partial charge in [0, 0.05) is 0 Å². The molecule has 2 N–H and O–H groups in total. The maximum absolute atomic E-state index is 5.84. The Morgan fingerprint density at radius 2 is 1.92 bits per heavy atom. The molecule has 0 aliphatic heterocycles. The highest BCUT2D eigenvalue weighted by atomic mass is 35.5. The van der Waals surface area contributed by atoms with E-state index in [0.717, 1.165) is 0 Å². The third kappa shape index (κ3) is 2.81. The molecule has 0 bridgehead atoms. The zero-order valence-electron chi connectivity index (χ0n) is 8.10. The van der Waals surface area contributed by atoms with Crippen LogP contribution in [0.4, 0.5) is 5.69 Å². The fourth-order valence-corrected chi connectivity index (χ4v) is 1.10. The van der Waals surface area contributed by atoms with Gasteiger partial charge in [-0.1, -0.05) is 17.7 Å². The van der Waals surface area contributed by atoms with Crippen molar-refractivity contribution < 1.29 is 4.74 Å². The van der Waals surface area contributed by atoms with Crippen molar-refractivity contribution in [1.82, 2.24) is 0 Å². The second-order valence-corrected chi connectivity index (χ2v) is 4.27. The maximum Gasteiger partial charge on any atom is 0.144 e. The first-order valence-corrected chi connectivity index (χ1v) is 4.51. The summed E-state index contributed by atoms with van der Waals surface area (Å²) in [6.07, 6.45) is 0. The zero-order valence-corrected chi connectivity index (χ0v) is 8.85. The smallest absolute Gasteiger partial charge is 0.144 e. The number of rotatable bonds is 1. The number of hydrogen-bond acceptors (Lipinski definition) is 2. The molecule has 0 aliphatic rings. The number of halogens is 1. The van der Waals surface area contributed by atoms with Gasteiger partial charge in [0.2, 0.25) is 0 Å². The van der Waals surface area contributed by atoms with Gasteiger partial charge in [-0.15, -0.1) is 0 Å². The molecule has 1 rings (SSSR count). The number of hydrogen-bond donors (Lipinski definition) is 1. The van der Waals surface area contributed by atoms with Crippen LogP contribution >= 0.6 is 11.6 Å². The van der Waals surface area contributed by atoms with Crippen LogP contribution in [-0.2, 0) is 0 Å². The van der Waals surface area contributed by atoms with E-state index in [0.29, 0.717) is 16.5 Å². The molecule has 0 aliphatic carbocycles. The molecular formula is C10H14ClNO. The zero-order chi connectivity index (χ0) is 10.1. The summed E-state index contributed by atoms with van der Waals surface area (Å²) >= 11 is 5.84. The van der Waals surface area contributed by atoms with Crippen LogP contribution in [0.25, 0.3) is 0 Å². The van der Waals surface area contributed by atoms with Gasteiger partial charge in [-0.25, -0.2) is 0 Å². The van der Waals surface area contributed by atoms with Crippen LogP contribution in [0.1, 0.15) is 20.8 Å². The Morgan fingerprint density at radius 3 is 2.46 bits per heavy atom. The number of anilines is 1. The van der Waals surface area contributed by atoms with Crippen LogP contribution in [0.15, 0.2) is 18.2 Å². The predicted octanol–water partition coefficient (Wildman–Crippen LogP) is 3.10. The van der Waals surface area contributed by atoms with Gasteiger partial charge in [-0.2, -0.15) is 0 Å². The molecule has 0 unspecified atom stereocenters. The molecule has 3 heteroatoms. The predicted molar refractivity (Wildman–Crippen MR) is 56.2 cm³/mol. The Bertz CT molecular complexity index is 304. The standard InChI is InChI=1S/C10H14ClNO/c1-10(2,3)13-8-6-4-5-7(11)9(8)12/h4-6H,12H2,1-3H3. The van der Waals surface area contributed by atoms with Crippen molar-refractivity contribution in [2.24, 2.45) is 0 Å². The highest BCUT2D eigenvalue weighted by Crippen LogP contribution is 2.31. The van der Waals surface area contributed by atoms with Crippen molar-refractivity contribution in [3.05, 3.63) is 23.2 Å². The molecule has 0 fully saturated rings. The average molecular weight is 200 g/mol. The van der Waals surface area contributed by atoms with Gasteiger partial charge in [0.25, 0.3) is 0 Å². The summed E-state index contributed by atoms with van der Waals surface area (Å²) in [6, 6.07) is 5.37. The van der Waals surface area contributed by atoms with Gasteiger partial charge in [0.15, 0.2) is 0 Å². The molecule has 1 aromatic rings. The molecule has 0 amide bonds. The lowest BCUT2D eigenvalue weighted by Crippen LogP contribution is -2.23. The third-order valence-electron chi connectivity index (χ3n) is 1.43. The third-order valence-corrected chi connectivity index (χ3v) is 1.76. The van der Waals surface area contributed by atoms with Gasteiger partial charge in [0.1, 0.15) is 11.4 Å². The Kier molecular flexibility index (Phi) is 2.71. The van der Waals surface area contributed by atoms with Crippen LogP contribution < -0.4 is 10.5 Å². The van der Waals surface area contributed by atoms with Crippen LogP contribution in [0, 0.1) is 0 Å². The van der Waals surface area contributed by atoms with Crippen LogP contribution in [0.2, 0.25) is 5.02 Å². The minimum Gasteiger partial charge on any atom is -0.486 e. The minimum absolute atomic E-state index is 0.251. The molecule has 0 atom stereocenters. The summed E-state index contributed by atoms with van der Waals surface area (Å²) in [5.74, 6) is 0.639. The molecular weight excluding hydrogens is 186 g/mol. The SMILES string of the molecule is CC(C)(C)Oc1cccc(Cl)c1N. The highest BCUT2D eigenvalue weighted by Gasteiger charge is 2.14. The maximum atomic E-state index is 5.84. The quantitative estimate of drug-likeness (QED) is 0.706. The van der Waals surface area contributed by atoms with Gasteiger partial charge < -0.3 is 10.5 Å². The summed E-state index contributed by atoms with van der Waals surface area (Å²) in [4.78, 5) is 0. The lowest BCUT2D eigenvalue weighted by Gasteiger charge is -2.22. The van der Waals surface area contributed by atoms with E-state index in [1.807, 2.05) is 32.9 Å². The number of nitrogen functional groups attached to an aromatic ring is 1. The Morgan fingerprint density at radius 1 is 1.31 bits per heavy atom. The topological polar surface area (TPSA) is 35.2 Å². The van der Waals surface area contributed by atoms with Crippen LogP contribution in [0.5, 0.6) is 5.75 Å². The van der Waals surface area contributed by atoms with Gasteiger partial charge >= 0.3 is 0 Å². The number of benzene rings is 1. The van der Waals surface area contributed by atoms with Crippen molar-refractivity contribution >= 4 is 17.3 Å². The van der Waals surface area contributed by atoms with Gasteiger partial charge in [-0.3, -0.25) is 0 Å². The average Bonchev–Trinajstić information content (AvgIpc) is 1.96. The lowest BCUT2D eigenvalue weighted by atomic mass is 10.2. The van der Waals surface area contributed by atoms with E-state index in [9.17, 15) is 0 Å². The number of ether oxygens (including phenoxy) is 1. The normalized spacial score (nSPS) is 11.4. The van der Waals surface area contributed by atoms with E-state index in [2.05, 4.69) is 0 Å². The number of nitrogens with two attached hydrogens (primary N) is 1. The first-order chi connectivity index (χ1) is 5.90. The van der Waals surface area contributed by atoms with Crippen molar-refractivity contribution in [2.45, 2.75) is 26.4 Å². The van der Waals surface area contributed by atoms with Crippen molar-refractivity contribution in [1.29, 1.82) is 0 Å². The van der Waals surface area contributed by atoms with Gasteiger partial charge in [-0.05, 0) is 32.9 Å². The molecule has 0 heterocycles. The molecule has 13 heavy (non-hydrogen) atoms. The molecule has 0 radical (unpaired) electrons. The van der Waals surface area contributed by atoms with Crippen LogP contribution in [-0.4, -0.2) is 5.60 Å². The monoisotopic (exact) mass is 199 g/mol. The molecule has 72 valence electrons. The minimum atomic E-state index is -0.251. The van der Waals surface area contributed by atoms with E-state index >= 15 is 0 Å². The van der Waals surface area contributed by atoms with E-state index in [-0.39, 0.29) is 5.60 Å². The Balaban J connectivity index is 2.96. The highest BCUT2D eigenvalue weighted by molar-refractivity contribution is 6.33. The summed E-state index contributed by atoms with van der Waals surface area (Å²) in [5, 5.41) is 0.529. The van der Waals surface area contributed by atoms with Crippen molar-refractivity contribution in [3.8, 4) is 5.75 Å². The second kappa shape index (κ2) is 3.46. The fraction of sp³-hybridized carbons (Fsp3) is 0.400. The van der Waals surface area contributed by atoms with Crippen molar-refractivity contribution in [2.75, 3.05) is 5.73 Å². The van der Waals surface area contributed by atoms with Crippen LogP contribution in [0.3, 0.4) is 0 Å². The van der Waals surface area contributed by atoms with E-state index in [1.165, 1.54) is 0 Å². The van der Waals surface area contributed by atoms with Crippen molar-refractivity contribution in [3.63, 3.8) is 0 Å². The summed E-state index contributed by atoms with van der Waals surface area (Å²) < 4.78 is 5.60. The molecule has 0 aromatic heterocycles. The lowest BCUT2D eigenvalue weighted by molar-refractivity contribution is 0.132. The fourth-order valence-electron chi connectivity index (χ4n) is 0.936. The summed E-state index contributed by atoms with van der Waals surface area (Å²) in [7, 11) is 0. The Labute approximate surface area is 83.6 Å². The summed E-state index contributed by atoms with van der Waals surface area (Å²) in [5.41, 5.74) is 5.98.